The van der Waals surface area contributed by atoms with E-state index in [0.29, 0.717) is 38.3 Å². The molecule has 1 aromatic rings. The maximum Gasteiger partial charge on any atom is 0.254 e. The Hall–Kier alpha value is -1.13. The normalized spacial score (nSPS) is 26.2. The average molecular weight is 454 g/mol. The summed E-state index contributed by atoms with van der Waals surface area (Å²) in [6.07, 6.45) is 3.06. The van der Waals surface area contributed by atoms with Gasteiger partial charge in [-0.25, -0.2) is 8.42 Å². The first-order chi connectivity index (χ1) is 14.4. The fraction of sp³-hybridized carbons (Fsp3) is 0.667. The number of hydrogen-bond acceptors (Lipinski definition) is 6. The van der Waals surface area contributed by atoms with Gasteiger partial charge in [-0.05, 0) is 50.3 Å². The second-order valence-electron chi connectivity index (χ2n) is 8.35. The van der Waals surface area contributed by atoms with Crippen molar-refractivity contribution in [1.82, 2.24) is 14.1 Å². The summed E-state index contributed by atoms with van der Waals surface area (Å²) in [5.41, 5.74) is 0.445. The van der Waals surface area contributed by atoms with Crippen molar-refractivity contribution in [3.05, 3.63) is 29.8 Å². The monoisotopic (exact) mass is 453 g/mol. The van der Waals surface area contributed by atoms with Gasteiger partial charge in [-0.3, -0.25) is 4.79 Å². The zero-order valence-electron chi connectivity index (χ0n) is 17.5. The molecule has 166 valence electrons. The van der Waals surface area contributed by atoms with Crippen LogP contribution in [-0.2, 0) is 14.8 Å². The molecule has 0 N–H and O–H groups in total. The van der Waals surface area contributed by atoms with E-state index in [-0.39, 0.29) is 22.9 Å². The number of piperazine rings is 1. The number of sulfonamides is 1. The molecule has 0 aromatic heterocycles. The van der Waals surface area contributed by atoms with E-state index in [0.717, 1.165) is 37.4 Å². The van der Waals surface area contributed by atoms with Crippen LogP contribution < -0.4 is 0 Å². The van der Waals surface area contributed by atoms with Gasteiger partial charge in [-0.15, -0.1) is 0 Å². The van der Waals surface area contributed by atoms with E-state index in [1.54, 1.807) is 24.3 Å². The lowest BCUT2D eigenvalue weighted by Gasteiger charge is -2.32. The predicted molar refractivity (Wildman–Crippen MR) is 118 cm³/mol. The maximum absolute atomic E-state index is 13.5. The van der Waals surface area contributed by atoms with Crippen molar-refractivity contribution in [3.8, 4) is 0 Å². The summed E-state index contributed by atoms with van der Waals surface area (Å²) < 4.78 is 33.6. The van der Waals surface area contributed by atoms with Crippen LogP contribution >= 0.6 is 11.8 Å². The molecule has 4 rings (SSSR count). The van der Waals surface area contributed by atoms with Gasteiger partial charge in [0.05, 0.1) is 11.0 Å². The molecular weight excluding hydrogens is 422 g/mol. The van der Waals surface area contributed by atoms with Gasteiger partial charge in [0.1, 0.15) is 0 Å². The van der Waals surface area contributed by atoms with Gasteiger partial charge in [0.15, 0.2) is 0 Å². The third-order valence-corrected chi connectivity index (χ3v) is 9.25. The number of likely N-dealkylation sites (N-methyl/N-ethyl adjacent to an activating group) is 1. The Kier molecular flexibility index (Phi) is 7.04. The van der Waals surface area contributed by atoms with Crippen LogP contribution in [0.5, 0.6) is 0 Å². The predicted octanol–water partition coefficient (Wildman–Crippen LogP) is 1.75. The molecule has 0 spiro atoms. The number of carbonyl (C=O) groups is 1. The second-order valence-corrected chi connectivity index (χ2v) is 11.4. The maximum atomic E-state index is 13.5. The molecule has 0 aliphatic carbocycles. The van der Waals surface area contributed by atoms with Crippen molar-refractivity contribution in [3.63, 3.8) is 0 Å². The first-order valence-electron chi connectivity index (χ1n) is 10.7. The number of amides is 1. The van der Waals surface area contributed by atoms with Gasteiger partial charge < -0.3 is 14.5 Å². The van der Waals surface area contributed by atoms with Gasteiger partial charge >= 0.3 is 0 Å². The van der Waals surface area contributed by atoms with Crippen molar-refractivity contribution in [2.75, 3.05) is 57.9 Å². The van der Waals surface area contributed by atoms with Crippen molar-refractivity contribution in [2.45, 2.75) is 36.3 Å². The fourth-order valence-corrected chi connectivity index (χ4v) is 7.00. The molecule has 3 heterocycles. The topological polar surface area (TPSA) is 70.2 Å². The Morgan fingerprint density at radius 3 is 2.70 bits per heavy atom. The Bertz CT molecular complexity index is 844. The zero-order chi connectivity index (χ0) is 21.1. The first kappa shape index (κ1) is 22.1. The lowest BCUT2D eigenvalue weighted by Crippen LogP contribution is -2.47. The summed E-state index contributed by atoms with van der Waals surface area (Å²) in [6, 6.07) is 6.75. The number of carbonyl (C=O) groups excluding carboxylic acids is 1. The van der Waals surface area contributed by atoms with Crippen LogP contribution in [0.25, 0.3) is 0 Å². The molecule has 0 radical (unpaired) electrons. The minimum atomic E-state index is -3.60. The fourth-order valence-electron chi connectivity index (χ4n) is 4.31. The molecule has 1 amide bonds. The quantitative estimate of drug-likeness (QED) is 0.654. The molecule has 3 aliphatic rings. The molecule has 2 unspecified atom stereocenters. The van der Waals surface area contributed by atoms with Crippen molar-refractivity contribution < 1.29 is 17.9 Å². The van der Waals surface area contributed by atoms with E-state index in [9.17, 15) is 13.2 Å². The van der Waals surface area contributed by atoms with Crippen LogP contribution in [0.3, 0.4) is 0 Å². The molecule has 7 nitrogen and oxygen atoms in total. The molecule has 0 bridgehead atoms. The summed E-state index contributed by atoms with van der Waals surface area (Å²) in [7, 11) is -1.61. The van der Waals surface area contributed by atoms with E-state index in [4.69, 9.17) is 4.74 Å². The highest BCUT2D eigenvalue weighted by atomic mass is 32.2. The Labute approximate surface area is 183 Å². The minimum absolute atomic E-state index is 0.0804. The SMILES string of the molecule is CN1CCN(S(=O)(=O)c2cccc(C(=O)N(CC3CCCO3)C3CCSC3)c2)CC1. The van der Waals surface area contributed by atoms with Gasteiger partial charge in [0, 0.05) is 56.7 Å². The van der Waals surface area contributed by atoms with Gasteiger partial charge in [-0.2, -0.15) is 16.1 Å². The number of benzene rings is 1. The molecule has 3 saturated heterocycles. The van der Waals surface area contributed by atoms with Crippen LogP contribution in [0, 0.1) is 0 Å². The average Bonchev–Trinajstić information content (AvgIpc) is 3.46. The highest BCUT2D eigenvalue weighted by Gasteiger charge is 2.33. The van der Waals surface area contributed by atoms with Crippen LogP contribution in [0.15, 0.2) is 29.2 Å². The largest absolute Gasteiger partial charge is 0.376 e. The van der Waals surface area contributed by atoms with Gasteiger partial charge in [0.25, 0.3) is 5.91 Å². The van der Waals surface area contributed by atoms with Crippen molar-refractivity contribution in [2.24, 2.45) is 0 Å². The number of thioether (sulfide) groups is 1. The summed E-state index contributed by atoms with van der Waals surface area (Å²) in [6.45, 7) is 3.71. The summed E-state index contributed by atoms with van der Waals surface area (Å²) >= 11 is 1.87. The van der Waals surface area contributed by atoms with E-state index in [1.807, 2.05) is 23.7 Å². The molecule has 1 aromatic carbocycles. The van der Waals surface area contributed by atoms with Crippen LogP contribution in [-0.4, -0.2) is 98.5 Å². The lowest BCUT2D eigenvalue weighted by atomic mass is 10.1. The number of hydrogen-bond donors (Lipinski definition) is 0. The minimum Gasteiger partial charge on any atom is -0.376 e. The summed E-state index contributed by atoms with van der Waals surface area (Å²) in [5, 5.41) is 0. The third kappa shape index (κ3) is 4.85. The number of ether oxygens (including phenoxy) is 1. The van der Waals surface area contributed by atoms with E-state index in [2.05, 4.69) is 4.90 Å². The van der Waals surface area contributed by atoms with Crippen molar-refractivity contribution >= 4 is 27.7 Å². The standard InChI is InChI=1S/C21H31N3O4S2/c1-22-8-10-23(11-9-22)30(26,27)20-6-2-4-17(14-20)21(25)24(18-7-13-29-16-18)15-19-5-3-12-28-19/h2,4,6,14,18-19H,3,5,7-13,15-16H2,1H3. The highest BCUT2D eigenvalue weighted by Crippen LogP contribution is 2.27. The van der Waals surface area contributed by atoms with E-state index in [1.165, 1.54) is 4.31 Å². The van der Waals surface area contributed by atoms with Crippen LogP contribution in [0.1, 0.15) is 29.6 Å². The van der Waals surface area contributed by atoms with Crippen molar-refractivity contribution in [1.29, 1.82) is 0 Å². The number of rotatable bonds is 6. The lowest BCUT2D eigenvalue weighted by molar-refractivity contribution is 0.0441. The Balaban J connectivity index is 1.55. The van der Waals surface area contributed by atoms with E-state index >= 15 is 0 Å². The van der Waals surface area contributed by atoms with Gasteiger partial charge in [-0.1, -0.05) is 6.07 Å². The van der Waals surface area contributed by atoms with E-state index < -0.39 is 10.0 Å². The molecule has 9 heteroatoms. The molecule has 3 fully saturated rings. The molecular formula is C21H31N3O4S2. The summed E-state index contributed by atoms with van der Waals surface area (Å²) in [4.78, 5) is 17.7. The first-order valence-corrected chi connectivity index (χ1v) is 13.3. The Morgan fingerprint density at radius 1 is 1.23 bits per heavy atom. The van der Waals surface area contributed by atoms with Crippen LogP contribution in [0.2, 0.25) is 0 Å². The molecule has 30 heavy (non-hydrogen) atoms. The molecule has 0 saturated carbocycles. The van der Waals surface area contributed by atoms with Crippen LogP contribution in [0.4, 0.5) is 0 Å². The zero-order valence-corrected chi connectivity index (χ0v) is 19.2. The third-order valence-electron chi connectivity index (χ3n) is 6.21. The second kappa shape index (κ2) is 9.56. The van der Waals surface area contributed by atoms with Gasteiger partial charge in [0.2, 0.25) is 10.0 Å². The molecule has 2 atom stereocenters. The molecule has 3 aliphatic heterocycles. The highest BCUT2D eigenvalue weighted by molar-refractivity contribution is 7.99. The summed E-state index contributed by atoms with van der Waals surface area (Å²) in [5.74, 6) is 1.89. The Morgan fingerprint density at radius 2 is 2.03 bits per heavy atom. The smallest absolute Gasteiger partial charge is 0.254 e. The number of nitrogens with zero attached hydrogens (tertiary/aromatic N) is 3.